The van der Waals surface area contributed by atoms with E-state index in [0.29, 0.717) is 11.6 Å². The van der Waals surface area contributed by atoms with Gasteiger partial charge in [-0.2, -0.15) is 5.10 Å². The monoisotopic (exact) mass is 362 g/mol. The van der Waals surface area contributed by atoms with Gasteiger partial charge < -0.3 is 5.32 Å². The summed E-state index contributed by atoms with van der Waals surface area (Å²) in [5, 5.41) is 8.30. The normalized spacial score (nSPS) is 10.6. The summed E-state index contributed by atoms with van der Waals surface area (Å²) in [5.74, 6) is 0. The lowest BCUT2D eigenvalue weighted by Gasteiger charge is -2.12. The van der Waals surface area contributed by atoms with Crippen LogP contribution in [-0.4, -0.2) is 14.8 Å². The minimum atomic E-state index is 0.684. The van der Waals surface area contributed by atoms with Crippen LogP contribution in [0.3, 0.4) is 0 Å². The van der Waals surface area contributed by atoms with Crippen molar-refractivity contribution in [2.45, 2.75) is 6.54 Å². The second-order valence-electron chi connectivity index (χ2n) is 4.45. The van der Waals surface area contributed by atoms with Crippen LogP contribution in [0.2, 0.25) is 5.02 Å². The third kappa shape index (κ3) is 3.25. The van der Waals surface area contributed by atoms with Crippen LogP contribution in [0.15, 0.2) is 59.6 Å². The Bertz CT molecular complexity index is 743. The van der Waals surface area contributed by atoms with Crippen LogP contribution in [0.1, 0.15) is 5.56 Å². The molecular weight excluding hydrogens is 352 g/mol. The molecule has 0 amide bonds. The van der Waals surface area contributed by atoms with Crippen LogP contribution >= 0.6 is 27.5 Å². The van der Waals surface area contributed by atoms with Crippen molar-refractivity contribution >= 4 is 33.2 Å². The summed E-state index contributed by atoms with van der Waals surface area (Å²) in [6.07, 6.45) is 3.20. The average Bonchev–Trinajstić information content (AvgIpc) is 3.01. The Morgan fingerprint density at radius 2 is 2.05 bits per heavy atom. The number of nitrogens with zero attached hydrogens (tertiary/aromatic N) is 3. The Hall–Kier alpha value is -1.85. The largest absolute Gasteiger partial charge is 0.379 e. The van der Waals surface area contributed by atoms with Crippen molar-refractivity contribution in [3.8, 4) is 5.69 Å². The Morgan fingerprint density at radius 1 is 1.19 bits per heavy atom. The van der Waals surface area contributed by atoms with Gasteiger partial charge >= 0.3 is 0 Å². The molecule has 1 N–H and O–H groups in total. The topological polar surface area (TPSA) is 42.7 Å². The molecule has 0 radical (unpaired) electrons. The first-order chi connectivity index (χ1) is 10.2. The zero-order valence-corrected chi connectivity index (χ0v) is 13.3. The van der Waals surface area contributed by atoms with E-state index < -0.39 is 0 Å². The number of rotatable bonds is 4. The van der Waals surface area contributed by atoms with Crippen molar-refractivity contribution in [2.75, 3.05) is 5.32 Å². The third-order valence-corrected chi connectivity index (χ3v) is 4.03. The van der Waals surface area contributed by atoms with Crippen molar-refractivity contribution in [1.29, 1.82) is 0 Å². The molecule has 2 aromatic carbocycles. The molecule has 0 aliphatic carbocycles. The van der Waals surface area contributed by atoms with E-state index in [1.807, 2.05) is 42.5 Å². The molecule has 1 heterocycles. The Kier molecular flexibility index (Phi) is 4.22. The SMILES string of the molecule is Clc1ccc(CNc2ccccc2-n2cncn2)c(Br)c1. The zero-order chi connectivity index (χ0) is 14.7. The number of hydrogen-bond donors (Lipinski definition) is 1. The van der Waals surface area contributed by atoms with E-state index in [1.165, 1.54) is 6.33 Å². The maximum Gasteiger partial charge on any atom is 0.138 e. The fraction of sp³-hybridized carbons (Fsp3) is 0.0667. The molecule has 0 bridgehead atoms. The second-order valence-corrected chi connectivity index (χ2v) is 5.74. The molecule has 6 heteroatoms. The summed E-state index contributed by atoms with van der Waals surface area (Å²) < 4.78 is 2.72. The van der Waals surface area contributed by atoms with E-state index in [1.54, 1.807) is 11.0 Å². The quantitative estimate of drug-likeness (QED) is 0.751. The van der Waals surface area contributed by atoms with Crippen LogP contribution in [0.5, 0.6) is 0 Å². The fourth-order valence-corrected chi connectivity index (χ4v) is 2.83. The summed E-state index contributed by atoms with van der Waals surface area (Å²) in [7, 11) is 0. The number of para-hydroxylation sites is 2. The van der Waals surface area contributed by atoms with Gasteiger partial charge in [0.1, 0.15) is 12.7 Å². The van der Waals surface area contributed by atoms with E-state index in [4.69, 9.17) is 11.6 Å². The third-order valence-electron chi connectivity index (χ3n) is 3.05. The molecule has 0 atom stereocenters. The lowest BCUT2D eigenvalue weighted by atomic mass is 10.2. The minimum absolute atomic E-state index is 0.684. The summed E-state index contributed by atoms with van der Waals surface area (Å²) in [6.45, 7) is 0.684. The predicted octanol–water partition coefficient (Wildman–Crippen LogP) is 4.30. The number of halogens is 2. The highest BCUT2D eigenvalue weighted by Crippen LogP contribution is 2.24. The molecule has 3 aromatic rings. The lowest BCUT2D eigenvalue weighted by Crippen LogP contribution is -2.05. The van der Waals surface area contributed by atoms with Gasteiger partial charge in [0.25, 0.3) is 0 Å². The highest BCUT2D eigenvalue weighted by atomic mass is 79.9. The van der Waals surface area contributed by atoms with Crippen molar-refractivity contribution in [3.63, 3.8) is 0 Å². The standard InChI is InChI=1S/C15H12BrClN4/c16-13-7-12(17)6-5-11(13)8-19-14-3-1-2-4-15(14)21-10-18-9-20-21/h1-7,9-10,19H,8H2. The van der Waals surface area contributed by atoms with E-state index >= 15 is 0 Å². The number of nitrogens with one attached hydrogen (secondary N) is 1. The first-order valence-electron chi connectivity index (χ1n) is 6.36. The molecule has 0 fully saturated rings. The predicted molar refractivity (Wildman–Crippen MR) is 87.8 cm³/mol. The van der Waals surface area contributed by atoms with Crippen molar-refractivity contribution in [2.24, 2.45) is 0 Å². The van der Waals surface area contributed by atoms with E-state index in [9.17, 15) is 0 Å². The zero-order valence-electron chi connectivity index (χ0n) is 11.0. The first kappa shape index (κ1) is 14.1. The molecule has 106 valence electrons. The highest BCUT2D eigenvalue weighted by Gasteiger charge is 2.06. The van der Waals surface area contributed by atoms with Gasteiger partial charge in [-0.3, -0.25) is 0 Å². The molecule has 4 nitrogen and oxygen atoms in total. The maximum absolute atomic E-state index is 5.96. The number of benzene rings is 2. The van der Waals surface area contributed by atoms with Crippen LogP contribution in [0.4, 0.5) is 5.69 Å². The molecule has 0 saturated carbocycles. The fourth-order valence-electron chi connectivity index (χ4n) is 2.01. The van der Waals surface area contributed by atoms with Gasteiger partial charge in [0.15, 0.2) is 0 Å². The maximum atomic E-state index is 5.96. The molecular formula is C15H12BrClN4. The van der Waals surface area contributed by atoms with Crippen LogP contribution < -0.4 is 5.32 Å². The highest BCUT2D eigenvalue weighted by molar-refractivity contribution is 9.10. The Balaban J connectivity index is 1.83. The summed E-state index contributed by atoms with van der Waals surface area (Å²) in [6, 6.07) is 13.7. The van der Waals surface area contributed by atoms with E-state index in [2.05, 4.69) is 31.3 Å². The minimum Gasteiger partial charge on any atom is -0.379 e. The molecule has 1 aromatic heterocycles. The van der Waals surface area contributed by atoms with Gasteiger partial charge in [-0.05, 0) is 29.8 Å². The second kappa shape index (κ2) is 6.28. The van der Waals surface area contributed by atoms with Gasteiger partial charge in [-0.25, -0.2) is 9.67 Å². The Labute approximate surface area is 135 Å². The van der Waals surface area contributed by atoms with Crippen molar-refractivity contribution < 1.29 is 0 Å². The number of aromatic nitrogens is 3. The van der Waals surface area contributed by atoms with Crippen molar-refractivity contribution in [3.05, 3.63) is 70.2 Å². The van der Waals surface area contributed by atoms with Gasteiger partial charge in [0.2, 0.25) is 0 Å². The first-order valence-corrected chi connectivity index (χ1v) is 7.53. The molecule has 0 saturated heterocycles. The molecule has 0 aliphatic heterocycles. The number of hydrogen-bond acceptors (Lipinski definition) is 3. The smallest absolute Gasteiger partial charge is 0.138 e. The molecule has 0 unspecified atom stereocenters. The lowest BCUT2D eigenvalue weighted by molar-refractivity contribution is 0.877. The van der Waals surface area contributed by atoms with Crippen molar-refractivity contribution in [1.82, 2.24) is 14.8 Å². The summed E-state index contributed by atoms with van der Waals surface area (Å²) in [5.41, 5.74) is 3.08. The van der Waals surface area contributed by atoms with Gasteiger partial charge in [-0.1, -0.05) is 45.7 Å². The van der Waals surface area contributed by atoms with Gasteiger partial charge in [-0.15, -0.1) is 0 Å². The average molecular weight is 364 g/mol. The van der Waals surface area contributed by atoms with Crippen LogP contribution in [0.25, 0.3) is 5.69 Å². The molecule has 0 spiro atoms. The van der Waals surface area contributed by atoms with Crippen LogP contribution in [0, 0.1) is 0 Å². The molecule has 0 aliphatic rings. The van der Waals surface area contributed by atoms with Gasteiger partial charge in [0.05, 0.1) is 11.4 Å². The van der Waals surface area contributed by atoms with Crippen LogP contribution in [-0.2, 0) is 6.54 Å². The van der Waals surface area contributed by atoms with Gasteiger partial charge in [0, 0.05) is 16.0 Å². The molecule has 21 heavy (non-hydrogen) atoms. The molecule has 3 rings (SSSR count). The van der Waals surface area contributed by atoms with E-state index in [0.717, 1.165) is 21.4 Å². The van der Waals surface area contributed by atoms with E-state index in [-0.39, 0.29) is 0 Å². The summed E-state index contributed by atoms with van der Waals surface area (Å²) in [4.78, 5) is 3.98. The number of anilines is 1. The summed E-state index contributed by atoms with van der Waals surface area (Å²) >= 11 is 9.48. The Morgan fingerprint density at radius 3 is 2.81 bits per heavy atom.